The number of hydrogen-bond donors (Lipinski definition) is 0. The van der Waals surface area contributed by atoms with Gasteiger partial charge in [0.2, 0.25) is 5.76 Å². The second-order valence-electron chi connectivity index (χ2n) is 4.30. The van der Waals surface area contributed by atoms with Crippen LogP contribution in [0.5, 0.6) is 5.88 Å². The molecule has 5 heteroatoms. The van der Waals surface area contributed by atoms with Crippen LogP contribution in [0.25, 0.3) is 0 Å². The van der Waals surface area contributed by atoms with Gasteiger partial charge in [0.25, 0.3) is 5.88 Å². The van der Waals surface area contributed by atoms with E-state index in [2.05, 4.69) is 5.16 Å². The van der Waals surface area contributed by atoms with Crippen molar-refractivity contribution >= 4 is 11.6 Å². The van der Waals surface area contributed by atoms with Crippen molar-refractivity contribution in [3.8, 4) is 5.88 Å². The van der Waals surface area contributed by atoms with E-state index in [4.69, 9.17) is 9.26 Å². The van der Waals surface area contributed by atoms with Gasteiger partial charge in [0.05, 0.1) is 12.7 Å². The molecule has 0 aliphatic rings. The van der Waals surface area contributed by atoms with Crippen LogP contribution in [0.15, 0.2) is 10.6 Å². The van der Waals surface area contributed by atoms with Crippen LogP contribution < -0.4 is 4.74 Å². The van der Waals surface area contributed by atoms with E-state index in [1.165, 1.54) is 13.0 Å². The highest BCUT2D eigenvalue weighted by molar-refractivity contribution is 5.91. The first-order valence-electron chi connectivity index (χ1n) is 6.19. The highest BCUT2D eigenvalue weighted by atomic mass is 16.5. The van der Waals surface area contributed by atoms with Crippen molar-refractivity contribution in [1.29, 1.82) is 0 Å². The van der Waals surface area contributed by atoms with Gasteiger partial charge in [-0.05, 0) is 24.9 Å². The third kappa shape index (κ3) is 5.61. The molecular formula is C13H19NO4. The molecule has 5 nitrogen and oxygen atoms in total. The van der Waals surface area contributed by atoms with Gasteiger partial charge >= 0.3 is 0 Å². The van der Waals surface area contributed by atoms with Crippen LogP contribution in [-0.4, -0.2) is 23.3 Å². The molecule has 0 aromatic carbocycles. The van der Waals surface area contributed by atoms with Crippen LogP contribution >= 0.6 is 0 Å². The van der Waals surface area contributed by atoms with Gasteiger partial charge in [-0.2, -0.15) is 0 Å². The molecule has 0 aliphatic heterocycles. The summed E-state index contributed by atoms with van der Waals surface area (Å²) in [7, 11) is 0. The number of rotatable bonds is 9. The Hall–Kier alpha value is -1.65. The van der Waals surface area contributed by atoms with Crippen molar-refractivity contribution in [2.45, 2.75) is 46.0 Å². The zero-order valence-corrected chi connectivity index (χ0v) is 10.9. The molecule has 0 bridgehead atoms. The van der Waals surface area contributed by atoms with Gasteiger partial charge in [0, 0.05) is 13.3 Å². The van der Waals surface area contributed by atoms with Gasteiger partial charge in [-0.3, -0.25) is 4.79 Å². The number of ketones is 2. The number of Topliss-reactive ketones (excluding diaryl/α,β-unsaturated/α-hetero) is 2. The van der Waals surface area contributed by atoms with Crippen LogP contribution in [0.1, 0.15) is 56.5 Å². The minimum atomic E-state index is -0.165. The predicted octanol–water partition coefficient (Wildman–Crippen LogP) is 2.80. The Kier molecular flexibility index (Phi) is 6.11. The smallest absolute Gasteiger partial charge is 0.254 e. The van der Waals surface area contributed by atoms with Crippen molar-refractivity contribution in [2.24, 2.45) is 0 Å². The maximum absolute atomic E-state index is 10.9. The summed E-state index contributed by atoms with van der Waals surface area (Å²) in [4.78, 5) is 21.6. The molecule has 0 saturated heterocycles. The third-order valence-electron chi connectivity index (χ3n) is 2.51. The van der Waals surface area contributed by atoms with Crippen molar-refractivity contribution < 1.29 is 18.8 Å². The Labute approximate surface area is 106 Å². The molecule has 0 unspecified atom stereocenters. The summed E-state index contributed by atoms with van der Waals surface area (Å²) < 4.78 is 10.1. The Morgan fingerprint density at radius 1 is 1.22 bits per heavy atom. The normalized spacial score (nSPS) is 10.3. The predicted molar refractivity (Wildman–Crippen MR) is 65.8 cm³/mol. The third-order valence-corrected chi connectivity index (χ3v) is 2.51. The fraction of sp³-hybridized carbons (Fsp3) is 0.615. The number of hydrogen-bond acceptors (Lipinski definition) is 5. The molecule has 1 aromatic heterocycles. The summed E-state index contributed by atoms with van der Waals surface area (Å²) in [5.74, 6) is 0.641. The Morgan fingerprint density at radius 2 is 1.94 bits per heavy atom. The molecule has 0 radical (unpaired) electrons. The van der Waals surface area contributed by atoms with Gasteiger partial charge in [-0.25, -0.2) is 0 Å². The second-order valence-corrected chi connectivity index (χ2v) is 4.30. The average Bonchev–Trinajstić information content (AvgIpc) is 2.76. The molecule has 100 valence electrons. The molecule has 1 aromatic rings. The van der Waals surface area contributed by atoms with Crippen molar-refractivity contribution in [1.82, 2.24) is 5.16 Å². The van der Waals surface area contributed by atoms with Gasteiger partial charge < -0.3 is 14.1 Å². The van der Waals surface area contributed by atoms with Crippen LogP contribution in [0.3, 0.4) is 0 Å². The fourth-order valence-electron chi connectivity index (χ4n) is 1.50. The van der Waals surface area contributed by atoms with Crippen LogP contribution in [0.2, 0.25) is 0 Å². The van der Waals surface area contributed by atoms with E-state index in [1.54, 1.807) is 6.92 Å². The second kappa shape index (κ2) is 7.63. The Morgan fingerprint density at radius 3 is 2.56 bits per heavy atom. The lowest BCUT2D eigenvalue weighted by atomic mass is 10.1. The first-order valence-corrected chi connectivity index (χ1v) is 6.19. The van der Waals surface area contributed by atoms with E-state index < -0.39 is 0 Å². The highest BCUT2D eigenvalue weighted by Crippen LogP contribution is 2.12. The summed E-state index contributed by atoms with van der Waals surface area (Å²) in [6.45, 7) is 3.57. The summed E-state index contributed by atoms with van der Waals surface area (Å²) in [5.41, 5.74) is 0. The lowest BCUT2D eigenvalue weighted by Crippen LogP contribution is -1.97. The van der Waals surface area contributed by atoms with E-state index in [1.807, 2.05) is 0 Å². The first kappa shape index (κ1) is 14.4. The minimum Gasteiger partial charge on any atom is -0.475 e. The number of unbranched alkanes of at least 4 members (excludes halogenated alkanes) is 3. The number of carbonyl (C=O) groups is 2. The van der Waals surface area contributed by atoms with E-state index in [9.17, 15) is 9.59 Å². The Bertz CT molecular complexity index is 397. The van der Waals surface area contributed by atoms with Crippen LogP contribution in [0.4, 0.5) is 0 Å². The number of ether oxygens (including phenoxy) is 1. The lowest BCUT2D eigenvalue weighted by molar-refractivity contribution is -0.117. The van der Waals surface area contributed by atoms with Crippen LogP contribution in [0, 0.1) is 0 Å². The van der Waals surface area contributed by atoms with Gasteiger partial charge in [-0.1, -0.05) is 12.8 Å². The molecule has 0 spiro atoms. The molecule has 0 fully saturated rings. The summed E-state index contributed by atoms with van der Waals surface area (Å²) >= 11 is 0. The standard InChI is InChI=1S/C13H19NO4/c1-10(15)7-5-3-4-6-8-17-13-9-12(11(2)16)18-14-13/h9H,3-8H2,1-2H3. The van der Waals surface area contributed by atoms with Gasteiger partial charge in [0.15, 0.2) is 5.78 Å². The lowest BCUT2D eigenvalue weighted by Gasteiger charge is -2.01. The molecule has 1 rings (SSSR count). The highest BCUT2D eigenvalue weighted by Gasteiger charge is 2.08. The van der Waals surface area contributed by atoms with Crippen molar-refractivity contribution in [2.75, 3.05) is 6.61 Å². The SMILES string of the molecule is CC(=O)CCCCCCOc1cc(C(C)=O)on1. The zero-order chi connectivity index (χ0) is 13.4. The zero-order valence-electron chi connectivity index (χ0n) is 10.9. The monoisotopic (exact) mass is 253 g/mol. The quantitative estimate of drug-likeness (QED) is 0.500. The molecule has 1 heterocycles. The fourth-order valence-corrected chi connectivity index (χ4v) is 1.50. The summed E-state index contributed by atoms with van der Waals surface area (Å²) in [6.07, 6.45) is 4.55. The van der Waals surface area contributed by atoms with E-state index in [-0.39, 0.29) is 17.3 Å². The van der Waals surface area contributed by atoms with Crippen LogP contribution in [-0.2, 0) is 4.79 Å². The van der Waals surface area contributed by atoms with E-state index >= 15 is 0 Å². The van der Waals surface area contributed by atoms with E-state index in [0.29, 0.717) is 18.9 Å². The van der Waals surface area contributed by atoms with Crippen molar-refractivity contribution in [3.05, 3.63) is 11.8 Å². The van der Waals surface area contributed by atoms with E-state index in [0.717, 1.165) is 25.7 Å². The molecule has 0 saturated carbocycles. The maximum Gasteiger partial charge on any atom is 0.254 e. The van der Waals surface area contributed by atoms with Gasteiger partial charge in [0.1, 0.15) is 5.78 Å². The molecule has 0 amide bonds. The number of carbonyl (C=O) groups excluding carboxylic acids is 2. The number of nitrogens with zero attached hydrogens (tertiary/aromatic N) is 1. The number of aromatic nitrogens is 1. The minimum absolute atomic E-state index is 0.165. The summed E-state index contributed by atoms with van der Waals surface area (Å²) in [6, 6.07) is 1.50. The average molecular weight is 253 g/mol. The molecular weight excluding hydrogens is 234 g/mol. The Balaban J connectivity index is 2.07. The van der Waals surface area contributed by atoms with Crippen molar-refractivity contribution in [3.63, 3.8) is 0 Å². The molecule has 0 N–H and O–H groups in total. The molecule has 0 aliphatic carbocycles. The molecule has 18 heavy (non-hydrogen) atoms. The summed E-state index contributed by atoms with van der Waals surface area (Å²) in [5, 5.41) is 3.63. The molecule has 0 atom stereocenters. The largest absolute Gasteiger partial charge is 0.475 e. The van der Waals surface area contributed by atoms with Gasteiger partial charge in [-0.15, -0.1) is 0 Å². The first-order chi connectivity index (χ1) is 8.59. The maximum atomic E-state index is 10.9. The topological polar surface area (TPSA) is 69.4 Å².